The summed E-state index contributed by atoms with van der Waals surface area (Å²) in [5.41, 5.74) is 4.37. The summed E-state index contributed by atoms with van der Waals surface area (Å²) in [5, 5.41) is 2.90. The number of halogens is 3. The van der Waals surface area contributed by atoms with Crippen LogP contribution in [0.1, 0.15) is 51.2 Å². The van der Waals surface area contributed by atoms with Gasteiger partial charge in [0.15, 0.2) is 0 Å². The van der Waals surface area contributed by atoms with E-state index < -0.39 is 28.1 Å². The van der Waals surface area contributed by atoms with Crippen LogP contribution in [0.15, 0.2) is 24.3 Å². The normalized spacial score (nSPS) is 28.3. The molecular weight excluding hydrogens is 357 g/mol. The molecular formula is C20H27F3N2O2. The maximum Gasteiger partial charge on any atom is 0.416 e. The van der Waals surface area contributed by atoms with Crippen LogP contribution < -0.4 is 11.1 Å². The molecule has 150 valence electrons. The van der Waals surface area contributed by atoms with Gasteiger partial charge >= 0.3 is 6.18 Å². The third-order valence-electron chi connectivity index (χ3n) is 6.48. The van der Waals surface area contributed by atoms with E-state index in [0.717, 1.165) is 18.9 Å². The van der Waals surface area contributed by atoms with Gasteiger partial charge in [-0.1, -0.05) is 32.0 Å². The molecule has 2 aliphatic carbocycles. The Labute approximate surface area is 157 Å². The Hall–Kier alpha value is -1.60. The Morgan fingerprint density at radius 1 is 1.33 bits per heavy atom. The fourth-order valence-electron chi connectivity index (χ4n) is 3.97. The van der Waals surface area contributed by atoms with Crippen molar-refractivity contribution in [3.8, 4) is 0 Å². The van der Waals surface area contributed by atoms with Crippen molar-refractivity contribution in [3.05, 3.63) is 35.4 Å². The lowest BCUT2D eigenvalue weighted by Crippen LogP contribution is -2.76. The molecule has 3 N–H and O–H groups in total. The molecule has 0 radical (unpaired) electrons. The lowest BCUT2D eigenvalue weighted by Gasteiger charge is -2.57. The second-order valence-corrected chi connectivity index (χ2v) is 8.38. The molecule has 4 nitrogen and oxygen atoms in total. The number of carbonyl (C=O) groups is 1. The number of nitrogens with two attached hydrogens (primary N) is 1. The number of amides is 1. The third-order valence-corrected chi connectivity index (χ3v) is 6.48. The van der Waals surface area contributed by atoms with Gasteiger partial charge in [0.05, 0.1) is 11.7 Å². The highest BCUT2D eigenvalue weighted by molar-refractivity contribution is 5.89. The van der Waals surface area contributed by atoms with Gasteiger partial charge in [-0.25, -0.2) is 0 Å². The summed E-state index contributed by atoms with van der Waals surface area (Å²) >= 11 is 0. The zero-order chi connectivity index (χ0) is 20.1. The minimum atomic E-state index is -4.37. The summed E-state index contributed by atoms with van der Waals surface area (Å²) in [6.07, 6.45) is -2.51. The van der Waals surface area contributed by atoms with Crippen LogP contribution >= 0.6 is 0 Å². The molecule has 0 heterocycles. The van der Waals surface area contributed by atoms with Gasteiger partial charge in [-0.2, -0.15) is 13.2 Å². The Bertz CT molecular complexity index is 728. The Morgan fingerprint density at radius 3 is 2.52 bits per heavy atom. The van der Waals surface area contributed by atoms with E-state index in [9.17, 15) is 18.0 Å². The van der Waals surface area contributed by atoms with Crippen molar-refractivity contribution in [2.45, 2.75) is 63.3 Å². The number of nitrogens with one attached hydrogen (secondary N) is 1. The standard InChI is InChI=1S/C20H27F3N2O2/c1-4-27-15-11-19(24,17(15,2)3)16(26)25-12-18(8-9-18)13-6-5-7-14(10-13)20(21,22)23/h5-7,10,15H,4,8-9,11-12,24H2,1-3H3,(H,25,26). The molecule has 2 fully saturated rings. The van der Waals surface area contributed by atoms with Gasteiger partial charge in [-0.3, -0.25) is 4.79 Å². The average Bonchev–Trinajstić information content (AvgIpc) is 3.40. The van der Waals surface area contributed by atoms with Crippen LogP contribution in [0, 0.1) is 5.41 Å². The Kier molecular flexibility index (Phi) is 4.84. The van der Waals surface area contributed by atoms with Crippen LogP contribution in [0.2, 0.25) is 0 Å². The zero-order valence-corrected chi connectivity index (χ0v) is 16.0. The van der Waals surface area contributed by atoms with Crippen LogP contribution in [0.3, 0.4) is 0 Å². The van der Waals surface area contributed by atoms with Gasteiger partial charge in [0.2, 0.25) is 5.91 Å². The SMILES string of the molecule is CCOC1CC(N)(C(=O)NCC2(c3cccc(C(F)(F)F)c3)CC2)C1(C)C. The molecule has 1 amide bonds. The van der Waals surface area contributed by atoms with E-state index in [2.05, 4.69) is 5.32 Å². The van der Waals surface area contributed by atoms with Crippen molar-refractivity contribution in [1.29, 1.82) is 0 Å². The summed E-state index contributed by atoms with van der Waals surface area (Å²) in [6, 6.07) is 5.38. The molecule has 1 aromatic rings. The molecule has 2 unspecified atom stereocenters. The summed E-state index contributed by atoms with van der Waals surface area (Å²) in [4.78, 5) is 12.8. The molecule has 27 heavy (non-hydrogen) atoms. The van der Waals surface area contributed by atoms with E-state index in [1.54, 1.807) is 6.07 Å². The number of rotatable bonds is 6. The third kappa shape index (κ3) is 3.36. The second-order valence-electron chi connectivity index (χ2n) is 8.38. The summed E-state index contributed by atoms with van der Waals surface area (Å²) < 4.78 is 44.6. The van der Waals surface area contributed by atoms with Gasteiger partial charge in [0, 0.05) is 30.4 Å². The lowest BCUT2D eigenvalue weighted by atomic mass is 9.54. The monoisotopic (exact) mass is 384 g/mol. The van der Waals surface area contributed by atoms with Crippen molar-refractivity contribution < 1.29 is 22.7 Å². The molecule has 2 aliphatic rings. The van der Waals surface area contributed by atoms with E-state index in [1.807, 2.05) is 20.8 Å². The first kappa shape index (κ1) is 20.1. The number of alkyl halides is 3. The molecule has 2 atom stereocenters. The zero-order valence-electron chi connectivity index (χ0n) is 16.0. The smallest absolute Gasteiger partial charge is 0.378 e. The van der Waals surface area contributed by atoms with Crippen molar-refractivity contribution in [3.63, 3.8) is 0 Å². The maximum atomic E-state index is 13.0. The van der Waals surface area contributed by atoms with Crippen LogP contribution in [-0.2, 0) is 21.1 Å². The van der Waals surface area contributed by atoms with Gasteiger partial charge in [0.25, 0.3) is 0 Å². The van der Waals surface area contributed by atoms with Crippen LogP contribution in [0.25, 0.3) is 0 Å². The quantitative estimate of drug-likeness (QED) is 0.790. The molecule has 0 bridgehead atoms. The molecule has 3 rings (SSSR count). The highest BCUT2D eigenvalue weighted by Crippen LogP contribution is 2.51. The number of ether oxygens (including phenoxy) is 1. The van der Waals surface area contributed by atoms with Gasteiger partial charge < -0.3 is 15.8 Å². The molecule has 0 saturated heterocycles. The Morgan fingerprint density at radius 2 is 2.00 bits per heavy atom. The van der Waals surface area contributed by atoms with E-state index in [0.29, 0.717) is 25.1 Å². The van der Waals surface area contributed by atoms with Crippen LogP contribution in [0.4, 0.5) is 13.2 Å². The second kappa shape index (κ2) is 6.48. The molecule has 0 aromatic heterocycles. The van der Waals surface area contributed by atoms with Crippen molar-refractivity contribution in [1.82, 2.24) is 5.32 Å². The minimum Gasteiger partial charge on any atom is -0.378 e. The van der Waals surface area contributed by atoms with Crippen molar-refractivity contribution >= 4 is 5.91 Å². The highest BCUT2D eigenvalue weighted by atomic mass is 19.4. The first-order chi connectivity index (χ1) is 12.5. The highest BCUT2D eigenvalue weighted by Gasteiger charge is 2.63. The van der Waals surface area contributed by atoms with E-state index in [1.165, 1.54) is 12.1 Å². The van der Waals surface area contributed by atoms with Gasteiger partial charge in [0.1, 0.15) is 5.54 Å². The minimum absolute atomic E-state index is 0.0726. The number of hydrogen-bond donors (Lipinski definition) is 2. The number of hydrogen-bond acceptors (Lipinski definition) is 3. The van der Waals surface area contributed by atoms with Crippen molar-refractivity contribution in [2.24, 2.45) is 11.1 Å². The predicted molar refractivity (Wildman–Crippen MR) is 96.1 cm³/mol. The summed E-state index contributed by atoms with van der Waals surface area (Å²) in [7, 11) is 0. The fraction of sp³-hybridized carbons (Fsp3) is 0.650. The van der Waals surface area contributed by atoms with Crippen LogP contribution in [-0.4, -0.2) is 30.7 Å². The van der Waals surface area contributed by atoms with Crippen LogP contribution in [0.5, 0.6) is 0 Å². The molecule has 1 aromatic carbocycles. The summed E-state index contributed by atoms with van der Waals surface area (Å²) in [6.45, 7) is 6.58. The van der Waals surface area contributed by atoms with E-state index >= 15 is 0 Å². The molecule has 7 heteroatoms. The van der Waals surface area contributed by atoms with Gasteiger partial charge in [-0.15, -0.1) is 0 Å². The number of benzene rings is 1. The van der Waals surface area contributed by atoms with Crippen molar-refractivity contribution in [2.75, 3.05) is 13.2 Å². The number of carbonyl (C=O) groups excluding carboxylic acids is 1. The first-order valence-corrected chi connectivity index (χ1v) is 9.33. The van der Waals surface area contributed by atoms with E-state index in [4.69, 9.17) is 10.5 Å². The maximum absolute atomic E-state index is 13.0. The molecule has 0 aliphatic heterocycles. The van der Waals surface area contributed by atoms with Gasteiger partial charge in [-0.05, 0) is 31.4 Å². The topological polar surface area (TPSA) is 64.3 Å². The lowest BCUT2D eigenvalue weighted by molar-refractivity contribution is -0.170. The first-order valence-electron chi connectivity index (χ1n) is 9.33. The molecule has 0 spiro atoms. The Balaban J connectivity index is 1.68. The summed E-state index contributed by atoms with van der Waals surface area (Å²) in [5.74, 6) is -0.262. The average molecular weight is 384 g/mol. The predicted octanol–water partition coefficient (Wildman–Crippen LogP) is 3.39. The fourth-order valence-corrected chi connectivity index (χ4v) is 3.97. The largest absolute Gasteiger partial charge is 0.416 e. The molecule has 2 saturated carbocycles. The van der Waals surface area contributed by atoms with E-state index in [-0.39, 0.29) is 12.0 Å².